The van der Waals surface area contributed by atoms with E-state index in [0.29, 0.717) is 6.04 Å². The third-order valence-electron chi connectivity index (χ3n) is 4.04. The average molecular weight is 294 g/mol. The Bertz CT molecular complexity index is 745. The van der Waals surface area contributed by atoms with E-state index in [1.54, 1.807) is 6.33 Å². The van der Waals surface area contributed by atoms with Gasteiger partial charge in [0, 0.05) is 25.2 Å². The number of nitrogens with zero attached hydrogens (tertiary/aromatic N) is 5. The second-order valence-corrected chi connectivity index (χ2v) is 5.56. The lowest BCUT2D eigenvalue weighted by Gasteiger charge is -2.23. The molecule has 1 aromatic carbocycles. The Hall–Kier alpha value is -2.47. The van der Waals surface area contributed by atoms with Crippen LogP contribution < -0.4 is 5.32 Å². The van der Waals surface area contributed by atoms with Crippen LogP contribution in [0.15, 0.2) is 48.9 Å². The van der Waals surface area contributed by atoms with Crippen LogP contribution in [0.5, 0.6) is 0 Å². The Kier molecular flexibility index (Phi) is 3.44. The van der Waals surface area contributed by atoms with E-state index < -0.39 is 0 Å². The van der Waals surface area contributed by atoms with E-state index in [0.717, 1.165) is 43.1 Å². The third kappa shape index (κ3) is 2.65. The Balaban J connectivity index is 1.38. The molecule has 0 fully saturated rings. The van der Waals surface area contributed by atoms with Crippen LogP contribution in [-0.4, -0.2) is 30.6 Å². The van der Waals surface area contributed by atoms with Crippen LogP contribution in [0.1, 0.15) is 17.9 Å². The van der Waals surface area contributed by atoms with Crippen molar-refractivity contribution in [2.45, 2.75) is 32.0 Å². The smallest absolute Gasteiger partial charge is 0.138 e. The fraction of sp³-hybridized carbons (Fsp3) is 0.312. The summed E-state index contributed by atoms with van der Waals surface area (Å²) in [6.45, 7) is 1.66. The molecular weight excluding hydrogens is 276 g/mol. The van der Waals surface area contributed by atoms with E-state index >= 15 is 0 Å². The molecular formula is C16H18N6. The molecule has 0 saturated heterocycles. The van der Waals surface area contributed by atoms with Gasteiger partial charge in [0.25, 0.3) is 0 Å². The zero-order valence-electron chi connectivity index (χ0n) is 12.3. The Labute approximate surface area is 128 Å². The van der Waals surface area contributed by atoms with Crippen molar-refractivity contribution in [3.63, 3.8) is 0 Å². The van der Waals surface area contributed by atoms with Crippen LogP contribution in [0.2, 0.25) is 0 Å². The fourth-order valence-electron chi connectivity index (χ4n) is 2.83. The van der Waals surface area contributed by atoms with E-state index in [9.17, 15) is 0 Å². The van der Waals surface area contributed by atoms with Crippen LogP contribution in [0.3, 0.4) is 0 Å². The molecule has 0 unspecified atom stereocenters. The van der Waals surface area contributed by atoms with Crippen LogP contribution in [0.25, 0.3) is 5.69 Å². The molecule has 1 aliphatic heterocycles. The average Bonchev–Trinajstić information content (AvgIpc) is 3.22. The lowest BCUT2D eigenvalue weighted by atomic mass is 10.1. The van der Waals surface area contributed by atoms with Crippen molar-refractivity contribution in [1.82, 2.24) is 29.9 Å². The highest BCUT2D eigenvalue weighted by Crippen LogP contribution is 2.12. The summed E-state index contributed by atoms with van der Waals surface area (Å²) in [4.78, 5) is 4.25. The first-order valence-electron chi connectivity index (χ1n) is 7.58. The molecule has 0 saturated carbocycles. The molecule has 3 aromatic rings. The predicted molar refractivity (Wildman–Crippen MR) is 82.5 cm³/mol. The summed E-state index contributed by atoms with van der Waals surface area (Å²) < 4.78 is 3.90. The molecule has 4 rings (SSSR count). The number of para-hydroxylation sites is 1. The molecule has 0 amide bonds. The zero-order valence-corrected chi connectivity index (χ0v) is 12.3. The van der Waals surface area contributed by atoms with Crippen molar-refractivity contribution in [2.75, 3.05) is 0 Å². The second-order valence-electron chi connectivity index (χ2n) is 5.56. The van der Waals surface area contributed by atoms with Gasteiger partial charge >= 0.3 is 0 Å². The summed E-state index contributed by atoms with van der Waals surface area (Å²) >= 11 is 0. The van der Waals surface area contributed by atoms with Gasteiger partial charge in [-0.3, -0.25) is 0 Å². The highest BCUT2D eigenvalue weighted by molar-refractivity contribution is 5.30. The molecule has 6 nitrogen and oxygen atoms in total. The number of hydrogen-bond acceptors (Lipinski definition) is 4. The number of benzene rings is 1. The topological polar surface area (TPSA) is 60.6 Å². The molecule has 1 N–H and O–H groups in total. The molecule has 0 bridgehead atoms. The molecule has 1 atom stereocenters. The van der Waals surface area contributed by atoms with Gasteiger partial charge in [-0.25, -0.2) is 14.3 Å². The van der Waals surface area contributed by atoms with Gasteiger partial charge in [0.15, 0.2) is 0 Å². The number of aryl methyl sites for hydroxylation is 1. The minimum atomic E-state index is 0.427. The normalized spacial score (nSPS) is 17.4. The molecule has 22 heavy (non-hydrogen) atoms. The van der Waals surface area contributed by atoms with Crippen LogP contribution in [0, 0.1) is 0 Å². The minimum Gasteiger partial charge on any atom is -0.306 e. The zero-order chi connectivity index (χ0) is 14.8. The lowest BCUT2D eigenvalue weighted by Crippen LogP contribution is -2.37. The fourth-order valence-corrected chi connectivity index (χ4v) is 2.83. The predicted octanol–water partition coefficient (Wildman–Crippen LogP) is 1.57. The van der Waals surface area contributed by atoms with Crippen molar-refractivity contribution < 1.29 is 0 Å². The summed E-state index contributed by atoms with van der Waals surface area (Å²) in [5, 5.41) is 12.4. The van der Waals surface area contributed by atoms with Crippen LogP contribution >= 0.6 is 0 Å². The standard InChI is InChI=1S/C16H18N6/c1-2-4-15(5-3-1)21-9-8-13(20-21)10-17-14-6-7-16-18-12-19-22(16)11-14/h1-5,8-9,12,14,17H,6-7,10-11H2/t14-/m1/s1. The summed E-state index contributed by atoms with van der Waals surface area (Å²) in [6, 6.07) is 12.6. The molecule has 0 radical (unpaired) electrons. The maximum Gasteiger partial charge on any atom is 0.138 e. The highest BCUT2D eigenvalue weighted by atomic mass is 15.3. The van der Waals surface area contributed by atoms with Gasteiger partial charge in [-0.05, 0) is 24.6 Å². The van der Waals surface area contributed by atoms with Crippen molar-refractivity contribution in [2.24, 2.45) is 0 Å². The van der Waals surface area contributed by atoms with Gasteiger partial charge in [-0.1, -0.05) is 18.2 Å². The molecule has 0 aliphatic carbocycles. The minimum absolute atomic E-state index is 0.427. The van der Waals surface area contributed by atoms with Gasteiger partial charge in [-0.2, -0.15) is 10.2 Å². The first-order valence-corrected chi connectivity index (χ1v) is 7.58. The highest BCUT2D eigenvalue weighted by Gasteiger charge is 2.19. The van der Waals surface area contributed by atoms with Crippen molar-refractivity contribution >= 4 is 0 Å². The van der Waals surface area contributed by atoms with Crippen molar-refractivity contribution in [3.8, 4) is 5.69 Å². The van der Waals surface area contributed by atoms with Crippen LogP contribution in [0.4, 0.5) is 0 Å². The molecule has 1 aliphatic rings. The van der Waals surface area contributed by atoms with E-state index in [4.69, 9.17) is 0 Å². The third-order valence-corrected chi connectivity index (χ3v) is 4.04. The summed E-state index contributed by atoms with van der Waals surface area (Å²) in [5.41, 5.74) is 2.13. The monoisotopic (exact) mass is 294 g/mol. The van der Waals surface area contributed by atoms with Crippen LogP contribution in [-0.2, 0) is 19.5 Å². The number of fused-ring (bicyclic) bond motifs is 1. The quantitative estimate of drug-likeness (QED) is 0.793. The molecule has 3 heterocycles. The first kappa shape index (κ1) is 13.2. The molecule has 2 aromatic heterocycles. The van der Waals surface area contributed by atoms with Gasteiger partial charge < -0.3 is 5.32 Å². The van der Waals surface area contributed by atoms with Crippen molar-refractivity contribution in [1.29, 1.82) is 0 Å². The van der Waals surface area contributed by atoms with E-state index in [1.165, 1.54) is 0 Å². The first-order chi connectivity index (χ1) is 10.9. The largest absolute Gasteiger partial charge is 0.306 e. The maximum atomic E-state index is 4.62. The van der Waals surface area contributed by atoms with Gasteiger partial charge in [0.05, 0.1) is 17.9 Å². The van der Waals surface area contributed by atoms with E-state index in [1.807, 2.05) is 33.8 Å². The van der Waals surface area contributed by atoms with Gasteiger partial charge in [0.1, 0.15) is 12.2 Å². The molecule has 112 valence electrons. The summed E-state index contributed by atoms with van der Waals surface area (Å²) in [6.07, 6.45) is 5.72. The lowest BCUT2D eigenvalue weighted by molar-refractivity contribution is 0.356. The summed E-state index contributed by atoms with van der Waals surface area (Å²) in [7, 11) is 0. The molecule has 0 spiro atoms. The Morgan fingerprint density at radius 1 is 1.18 bits per heavy atom. The number of nitrogens with one attached hydrogen (secondary N) is 1. The van der Waals surface area contributed by atoms with Crippen molar-refractivity contribution in [3.05, 3.63) is 60.4 Å². The number of rotatable bonds is 4. The SMILES string of the molecule is c1ccc(-n2ccc(CN[C@@H]3CCc4ncnn4C3)n2)cc1. The number of aromatic nitrogens is 5. The number of hydrogen-bond donors (Lipinski definition) is 1. The Morgan fingerprint density at radius 2 is 2.09 bits per heavy atom. The molecule has 6 heteroatoms. The van der Waals surface area contributed by atoms with E-state index in [2.05, 4.69) is 38.7 Å². The van der Waals surface area contributed by atoms with Gasteiger partial charge in [0.2, 0.25) is 0 Å². The van der Waals surface area contributed by atoms with E-state index in [-0.39, 0.29) is 0 Å². The maximum absolute atomic E-state index is 4.62. The van der Waals surface area contributed by atoms with Gasteiger partial charge in [-0.15, -0.1) is 0 Å². The second kappa shape index (κ2) is 5.73. The summed E-state index contributed by atoms with van der Waals surface area (Å²) in [5.74, 6) is 1.09. The Morgan fingerprint density at radius 3 is 3.00 bits per heavy atom.